The van der Waals surface area contributed by atoms with Gasteiger partial charge in [-0.2, -0.15) is 5.10 Å². The van der Waals surface area contributed by atoms with E-state index in [9.17, 15) is 4.79 Å². The summed E-state index contributed by atoms with van der Waals surface area (Å²) in [6.45, 7) is 2.10. The monoisotopic (exact) mass is 231 g/mol. The number of hydrogen-bond acceptors (Lipinski definition) is 4. The van der Waals surface area contributed by atoms with Crippen molar-refractivity contribution in [1.29, 1.82) is 0 Å². The maximum absolute atomic E-state index is 11.7. The van der Waals surface area contributed by atoms with Gasteiger partial charge in [0, 0.05) is 12.4 Å². The standard InChI is InChI=1S/C11H13N5O/c1-9(10-2-4-12-5-3-10)15-11(17)6-16-8-13-7-14-16/h2-5,7-9H,6H2,1H3,(H,15,17)/t9-/m0/s1. The third-order valence-corrected chi connectivity index (χ3v) is 2.36. The molecule has 0 unspecified atom stereocenters. The van der Waals surface area contributed by atoms with Crippen molar-refractivity contribution < 1.29 is 4.79 Å². The lowest BCUT2D eigenvalue weighted by Gasteiger charge is -2.13. The molecule has 0 fully saturated rings. The summed E-state index contributed by atoms with van der Waals surface area (Å²) >= 11 is 0. The SMILES string of the molecule is C[C@H](NC(=O)Cn1cncn1)c1ccncc1. The van der Waals surface area contributed by atoms with Gasteiger partial charge in [-0.05, 0) is 24.6 Å². The number of hydrogen-bond donors (Lipinski definition) is 1. The van der Waals surface area contributed by atoms with Gasteiger partial charge in [0.05, 0.1) is 6.04 Å². The maximum Gasteiger partial charge on any atom is 0.242 e. The fourth-order valence-electron chi connectivity index (χ4n) is 1.48. The molecule has 2 aromatic rings. The molecule has 2 rings (SSSR count). The Morgan fingerprint density at radius 2 is 2.18 bits per heavy atom. The number of aromatic nitrogens is 4. The Hall–Kier alpha value is -2.24. The molecule has 0 radical (unpaired) electrons. The number of pyridine rings is 1. The van der Waals surface area contributed by atoms with Crippen LogP contribution in [-0.4, -0.2) is 25.7 Å². The van der Waals surface area contributed by atoms with Gasteiger partial charge in [0.15, 0.2) is 0 Å². The molecule has 2 heterocycles. The first-order valence-corrected chi connectivity index (χ1v) is 5.27. The van der Waals surface area contributed by atoms with Gasteiger partial charge in [-0.3, -0.25) is 9.78 Å². The molecule has 17 heavy (non-hydrogen) atoms. The third-order valence-electron chi connectivity index (χ3n) is 2.36. The fraction of sp³-hybridized carbons (Fsp3) is 0.273. The highest BCUT2D eigenvalue weighted by atomic mass is 16.2. The molecule has 0 spiro atoms. The van der Waals surface area contributed by atoms with Gasteiger partial charge in [-0.25, -0.2) is 9.67 Å². The summed E-state index contributed by atoms with van der Waals surface area (Å²) in [5.74, 6) is -0.0974. The first kappa shape index (κ1) is 11.3. The predicted octanol–water partition coefficient (Wildman–Crippen LogP) is 0.550. The summed E-state index contributed by atoms with van der Waals surface area (Å²) in [6, 6.07) is 3.70. The Kier molecular flexibility index (Phi) is 3.44. The van der Waals surface area contributed by atoms with Gasteiger partial charge < -0.3 is 5.32 Å². The lowest BCUT2D eigenvalue weighted by Crippen LogP contribution is -2.30. The molecule has 0 aromatic carbocycles. The Labute approximate surface area is 98.7 Å². The van der Waals surface area contributed by atoms with Crippen LogP contribution in [0.5, 0.6) is 0 Å². The zero-order valence-electron chi connectivity index (χ0n) is 9.45. The molecule has 0 aliphatic heterocycles. The second-order valence-corrected chi connectivity index (χ2v) is 3.66. The third kappa shape index (κ3) is 3.10. The minimum absolute atomic E-state index is 0.0472. The number of amides is 1. The molecule has 1 N–H and O–H groups in total. The highest BCUT2D eigenvalue weighted by molar-refractivity contribution is 5.76. The summed E-state index contributed by atoms with van der Waals surface area (Å²) < 4.78 is 1.48. The van der Waals surface area contributed by atoms with Gasteiger partial charge in [-0.15, -0.1) is 0 Å². The van der Waals surface area contributed by atoms with E-state index < -0.39 is 0 Å². The van der Waals surface area contributed by atoms with Crippen LogP contribution in [-0.2, 0) is 11.3 Å². The van der Waals surface area contributed by atoms with Crippen LogP contribution in [0.3, 0.4) is 0 Å². The number of rotatable bonds is 4. The van der Waals surface area contributed by atoms with E-state index in [2.05, 4.69) is 20.4 Å². The lowest BCUT2D eigenvalue weighted by molar-refractivity contribution is -0.122. The first-order chi connectivity index (χ1) is 8.25. The fourth-order valence-corrected chi connectivity index (χ4v) is 1.48. The molecule has 6 heteroatoms. The average Bonchev–Trinajstić information content (AvgIpc) is 2.82. The quantitative estimate of drug-likeness (QED) is 0.834. The summed E-state index contributed by atoms with van der Waals surface area (Å²) in [4.78, 5) is 19.4. The molecule has 1 atom stereocenters. The Morgan fingerprint density at radius 1 is 1.41 bits per heavy atom. The molecule has 2 aromatic heterocycles. The van der Waals surface area contributed by atoms with Crippen molar-refractivity contribution in [2.75, 3.05) is 0 Å². The normalized spacial score (nSPS) is 12.1. The smallest absolute Gasteiger partial charge is 0.242 e. The van der Waals surface area contributed by atoms with Crippen molar-refractivity contribution in [3.8, 4) is 0 Å². The van der Waals surface area contributed by atoms with E-state index in [0.717, 1.165) is 5.56 Å². The van der Waals surface area contributed by atoms with E-state index in [-0.39, 0.29) is 18.5 Å². The molecular formula is C11H13N5O. The largest absolute Gasteiger partial charge is 0.348 e. The van der Waals surface area contributed by atoms with Gasteiger partial charge in [0.25, 0.3) is 0 Å². The molecule has 0 saturated heterocycles. The van der Waals surface area contributed by atoms with Gasteiger partial charge in [-0.1, -0.05) is 0 Å². The van der Waals surface area contributed by atoms with Crippen molar-refractivity contribution in [2.45, 2.75) is 19.5 Å². The first-order valence-electron chi connectivity index (χ1n) is 5.27. The Morgan fingerprint density at radius 3 is 2.82 bits per heavy atom. The number of carbonyl (C=O) groups excluding carboxylic acids is 1. The average molecular weight is 231 g/mol. The van der Waals surface area contributed by atoms with Crippen LogP contribution in [0.2, 0.25) is 0 Å². The van der Waals surface area contributed by atoms with Crippen LogP contribution in [0.15, 0.2) is 37.2 Å². The van der Waals surface area contributed by atoms with E-state index in [4.69, 9.17) is 0 Å². The van der Waals surface area contributed by atoms with Crippen LogP contribution in [0.1, 0.15) is 18.5 Å². The second-order valence-electron chi connectivity index (χ2n) is 3.66. The van der Waals surface area contributed by atoms with Crippen molar-refractivity contribution in [3.05, 3.63) is 42.7 Å². The predicted molar refractivity (Wildman–Crippen MR) is 60.8 cm³/mol. The van der Waals surface area contributed by atoms with Gasteiger partial charge in [0.2, 0.25) is 5.91 Å². The van der Waals surface area contributed by atoms with Gasteiger partial charge in [0.1, 0.15) is 19.2 Å². The van der Waals surface area contributed by atoms with E-state index in [1.165, 1.54) is 17.3 Å². The van der Waals surface area contributed by atoms with Crippen LogP contribution in [0, 0.1) is 0 Å². The molecule has 0 saturated carbocycles. The minimum Gasteiger partial charge on any atom is -0.348 e. The zero-order valence-corrected chi connectivity index (χ0v) is 9.45. The number of carbonyl (C=O) groups is 1. The maximum atomic E-state index is 11.7. The summed E-state index contributed by atoms with van der Waals surface area (Å²) in [7, 11) is 0. The van der Waals surface area contributed by atoms with Crippen LogP contribution in [0.25, 0.3) is 0 Å². The second kappa shape index (κ2) is 5.20. The van der Waals surface area contributed by atoms with E-state index in [1.807, 2.05) is 19.1 Å². The van der Waals surface area contributed by atoms with E-state index in [1.54, 1.807) is 12.4 Å². The van der Waals surface area contributed by atoms with E-state index >= 15 is 0 Å². The highest BCUT2D eigenvalue weighted by Gasteiger charge is 2.09. The molecule has 0 aliphatic carbocycles. The summed E-state index contributed by atoms with van der Waals surface area (Å²) in [5, 5.41) is 6.75. The zero-order chi connectivity index (χ0) is 12.1. The molecule has 0 aliphatic rings. The van der Waals surface area contributed by atoms with Crippen molar-refractivity contribution in [2.24, 2.45) is 0 Å². The van der Waals surface area contributed by atoms with Crippen molar-refractivity contribution >= 4 is 5.91 Å². The Bertz CT molecular complexity index is 468. The molecule has 6 nitrogen and oxygen atoms in total. The number of nitrogens with one attached hydrogen (secondary N) is 1. The summed E-state index contributed by atoms with van der Waals surface area (Å²) in [5.41, 5.74) is 1.02. The van der Waals surface area contributed by atoms with Crippen molar-refractivity contribution in [3.63, 3.8) is 0 Å². The van der Waals surface area contributed by atoms with Crippen molar-refractivity contribution in [1.82, 2.24) is 25.1 Å². The molecule has 88 valence electrons. The van der Waals surface area contributed by atoms with Crippen LogP contribution >= 0.6 is 0 Å². The van der Waals surface area contributed by atoms with Crippen LogP contribution < -0.4 is 5.32 Å². The topological polar surface area (TPSA) is 72.7 Å². The van der Waals surface area contributed by atoms with Gasteiger partial charge >= 0.3 is 0 Å². The minimum atomic E-state index is -0.0974. The Balaban J connectivity index is 1.91. The molecular weight excluding hydrogens is 218 g/mol. The highest BCUT2D eigenvalue weighted by Crippen LogP contribution is 2.09. The van der Waals surface area contributed by atoms with E-state index in [0.29, 0.717) is 0 Å². The molecule has 0 bridgehead atoms. The number of nitrogens with zero attached hydrogens (tertiary/aromatic N) is 4. The molecule has 1 amide bonds. The summed E-state index contributed by atoms with van der Waals surface area (Å²) in [6.07, 6.45) is 6.32. The van der Waals surface area contributed by atoms with Crippen LogP contribution in [0.4, 0.5) is 0 Å². The lowest BCUT2D eigenvalue weighted by atomic mass is 10.1.